The predicted molar refractivity (Wildman–Crippen MR) is 138 cm³/mol. The Kier molecular flexibility index (Phi) is 8.35. The Morgan fingerprint density at radius 1 is 0.848 bits per heavy atom. The summed E-state index contributed by atoms with van der Waals surface area (Å²) in [5.74, 6) is 1.06. The van der Waals surface area contributed by atoms with Crippen molar-refractivity contribution >= 4 is 11.6 Å². The first-order valence-corrected chi connectivity index (χ1v) is 12.2. The Labute approximate surface area is 202 Å². The third-order valence-electron chi connectivity index (χ3n) is 6.00. The lowest BCUT2D eigenvalue weighted by molar-refractivity contribution is 0.253. The largest absolute Gasteiger partial charge is 0.327 e. The van der Waals surface area contributed by atoms with Crippen molar-refractivity contribution in [1.29, 1.82) is 0 Å². The average molecular weight is 458 g/mol. The quantitative estimate of drug-likeness (QED) is 0.236. The van der Waals surface area contributed by atoms with Crippen LogP contribution in [-0.2, 0) is 26.1 Å². The van der Waals surface area contributed by atoms with Crippen LogP contribution in [0.4, 0.5) is 0 Å². The van der Waals surface area contributed by atoms with Gasteiger partial charge in [-0.25, -0.2) is 4.98 Å². The molecule has 0 N–H and O–H groups in total. The van der Waals surface area contributed by atoms with Crippen LogP contribution in [0.25, 0.3) is 11.4 Å². The molecule has 0 bridgehead atoms. The molecule has 0 unspecified atom stereocenters. The Bertz CT molecular complexity index is 1120. The van der Waals surface area contributed by atoms with Gasteiger partial charge in [0.2, 0.25) is 0 Å². The van der Waals surface area contributed by atoms with Crippen molar-refractivity contribution in [2.45, 2.75) is 45.8 Å². The molecule has 0 saturated heterocycles. The number of nitrogens with zero attached hydrogens (tertiary/aromatic N) is 3. The number of halogens is 1. The molecule has 170 valence electrons. The first kappa shape index (κ1) is 23.3. The van der Waals surface area contributed by atoms with E-state index in [1.165, 1.54) is 16.8 Å². The maximum Gasteiger partial charge on any atom is 0.140 e. The lowest BCUT2D eigenvalue weighted by Gasteiger charge is -2.24. The second-order valence-electron chi connectivity index (χ2n) is 8.48. The van der Waals surface area contributed by atoms with E-state index in [0.717, 1.165) is 61.9 Å². The van der Waals surface area contributed by atoms with E-state index in [1.54, 1.807) is 0 Å². The van der Waals surface area contributed by atoms with Gasteiger partial charge in [0.15, 0.2) is 0 Å². The number of imidazole rings is 1. The molecule has 0 aliphatic rings. The minimum absolute atomic E-state index is 0.812. The summed E-state index contributed by atoms with van der Waals surface area (Å²) in [6.07, 6.45) is 5.35. The number of hydrogen-bond acceptors (Lipinski definition) is 2. The van der Waals surface area contributed by atoms with E-state index in [9.17, 15) is 0 Å². The molecule has 0 fully saturated rings. The van der Waals surface area contributed by atoms with Crippen LogP contribution in [0, 0.1) is 0 Å². The fourth-order valence-corrected chi connectivity index (χ4v) is 4.36. The van der Waals surface area contributed by atoms with Gasteiger partial charge in [0.05, 0.1) is 11.9 Å². The lowest BCUT2D eigenvalue weighted by Crippen LogP contribution is -2.27. The molecule has 0 atom stereocenters. The summed E-state index contributed by atoms with van der Waals surface area (Å²) >= 11 is 6.53. The molecular weight excluding hydrogens is 426 g/mol. The highest BCUT2D eigenvalue weighted by Gasteiger charge is 2.16. The first-order valence-electron chi connectivity index (χ1n) is 11.8. The van der Waals surface area contributed by atoms with Crippen LogP contribution < -0.4 is 0 Å². The molecule has 0 saturated carbocycles. The van der Waals surface area contributed by atoms with Crippen LogP contribution in [0.1, 0.15) is 36.6 Å². The van der Waals surface area contributed by atoms with Crippen LogP contribution in [0.2, 0.25) is 5.02 Å². The van der Waals surface area contributed by atoms with Crippen LogP contribution >= 0.6 is 11.6 Å². The molecule has 4 aromatic rings. The van der Waals surface area contributed by atoms with Crippen molar-refractivity contribution in [3.8, 4) is 11.4 Å². The highest BCUT2D eigenvalue weighted by atomic mass is 35.5. The number of hydrogen-bond donors (Lipinski definition) is 0. The topological polar surface area (TPSA) is 21.1 Å². The predicted octanol–water partition coefficient (Wildman–Crippen LogP) is 7.25. The lowest BCUT2D eigenvalue weighted by atomic mass is 10.1. The number of benzene rings is 3. The third kappa shape index (κ3) is 6.34. The zero-order valence-corrected chi connectivity index (χ0v) is 20.1. The molecule has 3 nitrogen and oxygen atoms in total. The Morgan fingerprint density at radius 3 is 2.27 bits per heavy atom. The monoisotopic (exact) mass is 457 g/mol. The van der Waals surface area contributed by atoms with Gasteiger partial charge in [0.25, 0.3) is 0 Å². The van der Waals surface area contributed by atoms with E-state index in [-0.39, 0.29) is 0 Å². The standard InChI is InChI=1S/C29H32ClN3/c1-2-3-19-33-27(21-31-29(33)25-14-8-5-9-15-25)23-32(20-18-24-12-6-4-7-13-24)22-26-16-10-11-17-28(26)30/h4-17,21H,2-3,18-20,22-23H2,1H3. The molecule has 0 amide bonds. The van der Waals surface area contributed by atoms with E-state index in [2.05, 4.69) is 95.4 Å². The van der Waals surface area contributed by atoms with E-state index >= 15 is 0 Å². The highest BCUT2D eigenvalue weighted by Crippen LogP contribution is 2.23. The van der Waals surface area contributed by atoms with Crippen molar-refractivity contribution in [3.63, 3.8) is 0 Å². The SMILES string of the molecule is CCCCn1c(CN(CCc2ccccc2)Cc2ccccc2Cl)cnc1-c1ccccc1. The van der Waals surface area contributed by atoms with Crippen LogP contribution in [0.15, 0.2) is 91.1 Å². The molecular formula is C29H32ClN3. The summed E-state index contributed by atoms with van der Waals surface area (Å²) in [6.45, 7) is 5.82. The molecule has 4 rings (SSSR count). The van der Waals surface area contributed by atoms with E-state index < -0.39 is 0 Å². The van der Waals surface area contributed by atoms with Gasteiger partial charge in [-0.15, -0.1) is 0 Å². The Hall–Kier alpha value is -2.88. The second-order valence-corrected chi connectivity index (χ2v) is 8.89. The molecule has 0 radical (unpaired) electrons. The van der Waals surface area contributed by atoms with Crippen molar-refractivity contribution in [2.24, 2.45) is 0 Å². The zero-order valence-electron chi connectivity index (χ0n) is 19.3. The summed E-state index contributed by atoms with van der Waals surface area (Å²) in [5, 5.41) is 0.826. The van der Waals surface area contributed by atoms with Crippen molar-refractivity contribution in [1.82, 2.24) is 14.5 Å². The zero-order chi connectivity index (χ0) is 22.9. The smallest absolute Gasteiger partial charge is 0.140 e. The van der Waals surface area contributed by atoms with Gasteiger partial charge in [0.1, 0.15) is 5.82 Å². The van der Waals surface area contributed by atoms with Gasteiger partial charge in [-0.2, -0.15) is 0 Å². The van der Waals surface area contributed by atoms with Gasteiger partial charge >= 0.3 is 0 Å². The van der Waals surface area contributed by atoms with Crippen molar-refractivity contribution in [2.75, 3.05) is 6.54 Å². The fraction of sp³-hybridized carbons (Fsp3) is 0.276. The normalized spacial score (nSPS) is 11.2. The summed E-state index contributed by atoms with van der Waals surface area (Å²) in [5.41, 5.74) is 4.94. The highest BCUT2D eigenvalue weighted by molar-refractivity contribution is 6.31. The maximum atomic E-state index is 6.53. The first-order chi connectivity index (χ1) is 16.2. The minimum Gasteiger partial charge on any atom is -0.327 e. The van der Waals surface area contributed by atoms with Gasteiger partial charge in [-0.3, -0.25) is 4.90 Å². The minimum atomic E-state index is 0.812. The molecule has 4 heteroatoms. The molecule has 0 aliphatic heterocycles. The van der Waals surface area contributed by atoms with Gasteiger partial charge in [-0.1, -0.05) is 104 Å². The van der Waals surface area contributed by atoms with Gasteiger partial charge < -0.3 is 4.57 Å². The average Bonchev–Trinajstić information content (AvgIpc) is 3.26. The number of unbranched alkanes of at least 4 members (excludes halogenated alkanes) is 1. The molecule has 33 heavy (non-hydrogen) atoms. The molecule has 1 heterocycles. The molecule has 0 spiro atoms. The van der Waals surface area contributed by atoms with Crippen LogP contribution in [-0.4, -0.2) is 21.0 Å². The summed E-state index contributed by atoms with van der Waals surface area (Å²) in [7, 11) is 0. The molecule has 0 aliphatic carbocycles. The summed E-state index contributed by atoms with van der Waals surface area (Å²) in [6, 6.07) is 29.4. The Morgan fingerprint density at radius 2 is 1.55 bits per heavy atom. The Balaban J connectivity index is 1.60. The van der Waals surface area contributed by atoms with Gasteiger partial charge in [-0.05, 0) is 30.0 Å². The molecule has 3 aromatic carbocycles. The van der Waals surface area contributed by atoms with E-state index in [1.807, 2.05) is 12.1 Å². The summed E-state index contributed by atoms with van der Waals surface area (Å²) < 4.78 is 2.40. The van der Waals surface area contributed by atoms with E-state index in [0.29, 0.717) is 0 Å². The number of rotatable bonds is 11. The second kappa shape index (κ2) is 11.8. The summed E-state index contributed by atoms with van der Waals surface area (Å²) in [4.78, 5) is 7.33. The van der Waals surface area contributed by atoms with Crippen LogP contribution in [0.5, 0.6) is 0 Å². The van der Waals surface area contributed by atoms with Crippen molar-refractivity contribution in [3.05, 3.63) is 113 Å². The van der Waals surface area contributed by atoms with Gasteiger partial charge in [0, 0.05) is 36.8 Å². The van der Waals surface area contributed by atoms with Crippen LogP contribution in [0.3, 0.4) is 0 Å². The third-order valence-corrected chi connectivity index (χ3v) is 6.37. The van der Waals surface area contributed by atoms with Crippen molar-refractivity contribution < 1.29 is 0 Å². The maximum absolute atomic E-state index is 6.53. The fourth-order valence-electron chi connectivity index (χ4n) is 4.16. The van der Waals surface area contributed by atoms with E-state index in [4.69, 9.17) is 16.6 Å². The molecule has 1 aromatic heterocycles. The number of aromatic nitrogens is 2.